The summed E-state index contributed by atoms with van der Waals surface area (Å²) in [5.74, 6) is -0.298. The summed E-state index contributed by atoms with van der Waals surface area (Å²) in [7, 11) is 0. The molecule has 0 unspecified atom stereocenters. The molecule has 0 amide bonds. The molecule has 2 heterocycles. The predicted octanol–water partition coefficient (Wildman–Crippen LogP) is 3.75. The number of rotatable bonds is 3. The molecule has 0 aliphatic rings. The van der Waals surface area contributed by atoms with Crippen molar-refractivity contribution in [2.24, 2.45) is 0 Å². The number of benzene rings is 1. The lowest BCUT2D eigenvalue weighted by Gasteiger charge is -2.05. The standard InChI is InChI=1S/C15H13N3O2S/c1-8-9(2)21-15(16-8)18-13-7-6-10-11(14(19)20)4-3-5-12(10)17-13/h3-7H,1-2H3,(H,19,20)(H,16,17,18). The van der Waals surface area contributed by atoms with Crippen LogP contribution >= 0.6 is 11.3 Å². The van der Waals surface area contributed by atoms with Crippen LogP contribution in [0.2, 0.25) is 0 Å². The van der Waals surface area contributed by atoms with Crippen molar-refractivity contribution < 1.29 is 9.90 Å². The fraction of sp³-hybridized carbons (Fsp3) is 0.133. The number of carboxylic acid groups (broad SMARTS) is 1. The van der Waals surface area contributed by atoms with Gasteiger partial charge in [0.2, 0.25) is 0 Å². The lowest BCUT2D eigenvalue weighted by Crippen LogP contribution is -1.99. The molecule has 1 aromatic carbocycles. The highest BCUT2D eigenvalue weighted by Gasteiger charge is 2.10. The van der Waals surface area contributed by atoms with Gasteiger partial charge in [0.05, 0.1) is 16.8 Å². The Hall–Kier alpha value is -2.47. The minimum Gasteiger partial charge on any atom is -0.478 e. The third kappa shape index (κ3) is 2.57. The van der Waals surface area contributed by atoms with Crippen LogP contribution in [0.3, 0.4) is 0 Å². The van der Waals surface area contributed by atoms with Crippen molar-refractivity contribution in [3.05, 3.63) is 46.5 Å². The number of pyridine rings is 1. The molecule has 106 valence electrons. The molecular weight excluding hydrogens is 286 g/mol. The van der Waals surface area contributed by atoms with E-state index in [1.807, 2.05) is 13.8 Å². The monoisotopic (exact) mass is 299 g/mol. The van der Waals surface area contributed by atoms with Gasteiger partial charge in [-0.3, -0.25) is 0 Å². The Bertz CT molecular complexity index is 823. The van der Waals surface area contributed by atoms with Crippen molar-refractivity contribution in [2.45, 2.75) is 13.8 Å². The van der Waals surface area contributed by atoms with E-state index in [4.69, 9.17) is 5.11 Å². The van der Waals surface area contributed by atoms with Crippen molar-refractivity contribution >= 4 is 39.2 Å². The Morgan fingerprint density at radius 2 is 2.00 bits per heavy atom. The number of hydrogen-bond acceptors (Lipinski definition) is 5. The molecule has 0 saturated carbocycles. The van der Waals surface area contributed by atoms with E-state index >= 15 is 0 Å². The number of nitrogens with zero attached hydrogens (tertiary/aromatic N) is 2. The molecular formula is C15H13N3O2S. The number of aromatic nitrogens is 2. The predicted molar refractivity (Wildman–Crippen MR) is 83.6 cm³/mol. The second-order valence-electron chi connectivity index (χ2n) is 4.66. The maximum atomic E-state index is 11.2. The second-order valence-corrected chi connectivity index (χ2v) is 5.86. The molecule has 0 bridgehead atoms. The summed E-state index contributed by atoms with van der Waals surface area (Å²) in [6, 6.07) is 8.60. The zero-order chi connectivity index (χ0) is 15.0. The Labute approximate surface area is 125 Å². The van der Waals surface area contributed by atoms with Gasteiger partial charge in [-0.2, -0.15) is 0 Å². The second kappa shape index (κ2) is 5.14. The maximum absolute atomic E-state index is 11.2. The smallest absolute Gasteiger partial charge is 0.336 e. The van der Waals surface area contributed by atoms with E-state index < -0.39 is 5.97 Å². The fourth-order valence-electron chi connectivity index (χ4n) is 2.05. The minimum atomic E-state index is -0.950. The molecule has 6 heteroatoms. The molecule has 5 nitrogen and oxygen atoms in total. The van der Waals surface area contributed by atoms with Crippen molar-refractivity contribution in [1.82, 2.24) is 9.97 Å². The number of anilines is 2. The van der Waals surface area contributed by atoms with E-state index in [-0.39, 0.29) is 5.56 Å². The first-order valence-corrected chi connectivity index (χ1v) is 7.20. The molecule has 2 N–H and O–H groups in total. The molecule has 3 aromatic rings. The molecule has 21 heavy (non-hydrogen) atoms. The van der Waals surface area contributed by atoms with E-state index in [1.165, 1.54) is 0 Å². The topological polar surface area (TPSA) is 75.1 Å². The van der Waals surface area contributed by atoms with Gasteiger partial charge in [-0.05, 0) is 38.1 Å². The maximum Gasteiger partial charge on any atom is 0.336 e. The lowest BCUT2D eigenvalue weighted by atomic mass is 10.1. The zero-order valence-electron chi connectivity index (χ0n) is 11.5. The quantitative estimate of drug-likeness (QED) is 0.770. The summed E-state index contributed by atoms with van der Waals surface area (Å²) >= 11 is 1.57. The zero-order valence-corrected chi connectivity index (χ0v) is 12.4. The molecule has 0 spiro atoms. The van der Waals surface area contributed by atoms with E-state index in [1.54, 1.807) is 41.7 Å². The first-order valence-electron chi connectivity index (χ1n) is 6.39. The first kappa shape index (κ1) is 13.5. The van der Waals surface area contributed by atoms with Crippen molar-refractivity contribution in [2.75, 3.05) is 5.32 Å². The van der Waals surface area contributed by atoms with Gasteiger partial charge in [0.1, 0.15) is 5.82 Å². The number of nitrogens with one attached hydrogen (secondary N) is 1. The van der Waals surface area contributed by atoms with Crippen molar-refractivity contribution in [1.29, 1.82) is 0 Å². The number of hydrogen-bond donors (Lipinski definition) is 2. The molecule has 0 radical (unpaired) electrons. The Balaban J connectivity index is 2.00. The number of fused-ring (bicyclic) bond motifs is 1. The number of carbonyl (C=O) groups is 1. The summed E-state index contributed by atoms with van der Waals surface area (Å²) in [5, 5.41) is 13.7. The molecule has 0 fully saturated rings. The van der Waals surface area contributed by atoms with Crippen LogP contribution in [-0.4, -0.2) is 21.0 Å². The summed E-state index contributed by atoms with van der Waals surface area (Å²) in [6.07, 6.45) is 0. The average molecular weight is 299 g/mol. The van der Waals surface area contributed by atoms with E-state index in [2.05, 4.69) is 15.3 Å². The van der Waals surface area contributed by atoms with Gasteiger partial charge < -0.3 is 10.4 Å². The van der Waals surface area contributed by atoms with Crippen LogP contribution in [0.1, 0.15) is 20.9 Å². The van der Waals surface area contributed by atoms with Crippen LogP contribution in [0.4, 0.5) is 10.9 Å². The van der Waals surface area contributed by atoms with Crippen LogP contribution < -0.4 is 5.32 Å². The van der Waals surface area contributed by atoms with E-state index in [9.17, 15) is 4.79 Å². The molecule has 3 rings (SSSR count). The first-order chi connectivity index (χ1) is 10.0. The van der Waals surface area contributed by atoms with Crippen LogP contribution in [0.5, 0.6) is 0 Å². The van der Waals surface area contributed by atoms with Gasteiger partial charge >= 0.3 is 5.97 Å². The van der Waals surface area contributed by atoms with Gasteiger partial charge in [0, 0.05) is 10.3 Å². The average Bonchev–Trinajstić information content (AvgIpc) is 2.76. The lowest BCUT2D eigenvalue weighted by molar-refractivity contribution is 0.0699. The number of aromatic carboxylic acids is 1. The van der Waals surface area contributed by atoms with E-state index in [0.29, 0.717) is 16.7 Å². The number of carboxylic acids is 1. The number of aryl methyl sites for hydroxylation is 2. The van der Waals surface area contributed by atoms with Gasteiger partial charge in [0.15, 0.2) is 5.13 Å². The minimum absolute atomic E-state index is 0.257. The van der Waals surface area contributed by atoms with Crippen LogP contribution in [0.15, 0.2) is 30.3 Å². The number of thiazole rings is 1. The summed E-state index contributed by atoms with van der Waals surface area (Å²) in [6.45, 7) is 3.98. The third-order valence-corrected chi connectivity index (χ3v) is 4.21. The Morgan fingerprint density at radius 1 is 1.19 bits per heavy atom. The Kier molecular flexibility index (Phi) is 3.31. The SMILES string of the molecule is Cc1nc(Nc2ccc3c(C(=O)O)cccc3n2)sc1C. The van der Waals surface area contributed by atoms with Gasteiger partial charge in [-0.1, -0.05) is 6.07 Å². The third-order valence-electron chi connectivity index (χ3n) is 3.23. The Morgan fingerprint density at radius 3 is 2.67 bits per heavy atom. The molecule has 0 saturated heterocycles. The highest BCUT2D eigenvalue weighted by atomic mass is 32.1. The summed E-state index contributed by atoms with van der Waals surface area (Å²) in [5.41, 5.74) is 1.90. The molecule has 0 atom stereocenters. The normalized spacial score (nSPS) is 10.8. The fourth-order valence-corrected chi connectivity index (χ4v) is 2.87. The van der Waals surface area contributed by atoms with Gasteiger partial charge in [-0.15, -0.1) is 11.3 Å². The van der Waals surface area contributed by atoms with Crippen LogP contribution in [0, 0.1) is 13.8 Å². The summed E-state index contributed by atoms with van der Waals surface area (Å²) < 4.78 is 0. The molecule has 2 aromatic heterocycles. The highest BCUT2D eigenvalue weighted by molar-refractivity contribution is 7.15. The largest absolute Gasteiger partial charge is 0.478 e. The van der Waals surface area contributed by atoms with Crippen molar-refractivity contribution in [3.63, 3.8) is 0 Å². The summed E-state index contributed by atoms with van der Waals surface area (Å²) in [4.78, 5) is 21.2. The van der Waals surface area contributed by atoms with E-state index in [0.717, 1.165) is 15.7 Å². The molecule has 0 aliphatic heterocycles. The van der Waals surface area contributed by atoms with Gasteiger partial charge in [0.25, 0.3) is 0 Å². The van der Waals surface area contributed by atoms with Crippen molar-refractivity contribution in [3.8, 4) is 0 Å². The van der Waals surface area contributed by atoms with Gasteiger partial charge in [-0.25, -0.2) is 14.8 Å². The van der Waals surface area contributed by atoms with Crippen LogP contribution in [0.25, 0.3) is 10.9 Å². The molecule has 0 aliphatic carbocycles. The van der Waals surface area contributed by atoms with Crippen LogP contribution in [-0.2, 0) is 0 Å². The highest BCUT2D eigenvalue weighted by Crippen LogP contribution is 2.26.